The average Bonchev–Trinajstić information content (AvgIpc) is 3.46. The van der Waals surface area contributed by atoms with Crippen molar-refractivity contribution in [3.63, 3.8) is 0 Å². The van der Waals surface area contributed by atoms with Crippen LogP contribution < -0.4 is 0 Å². The Kier molecular flexibility index (Phi) is 2.80. The lowest BCUT2D eigenvalue weighted by molar-refractivity contribution is -0.158. The summed E-state index contributed by atoms with van der Waals surface area (Å²) >= 11 is 0. The first-order valence-corrected chi connectivity index (χ1v) is 10.0. The van der Waals surface area contributed by atoms with E-state index in [1.54, 1.807) is 7.11 Å². The molecule has 0 N–H and O–H groups in total. The second-order valence-corrected chi connectivity index (χ2v) is 8.55. The molecule has 5 aliphatic rings. The van der Waals surface area contributed by atoms with Gasteiger partial charge in [-0.3, -0.25) is 4.79 Å². The van der Waals surface area contributed by atoms with Crippen molar-refractivity contribution in [3.8, 4) is 0 Å². The maximum atomic E-state index is 14.1. The number of hydrogen-bond donors (Lipinski definition) is 0. The Bertz CT molecular complexity index is 1060. The first kappa shape index (κ1) is 15.6. The van der Waals surface area contributed by atoms with Gasteiger partial charge in [0.05, 0.1) is 24.2 Å². The van der Waals surface area contributed by atoms with Gasteiger partial charge in [0, 0.05) is 18.9 Å². The fraction of sp³-hybridized carbons (Fsp3) is 0.375. The van der Waals surface area contributed by atoms with Gasteiger partial charge in [-0.2, -0.15) is 0 Å². The molecule has 7 rings (SSSR count). The van der Waals surface area contributed by atoms with Crippen LogP contribution in [-0.4, -0.2) is 18.5 Å². The number of ketones is 1. The van der Waals surface area contributed by atoms with Crippen molar-refractivity contribution in [2.24, 2.45) is 17.8 Å². The Morgan fingerprint density at radius 1 is 0.821 bits per heavy atom. The third kappa shape index (κ3) is 1.52. The van der Waals surface area contributed by atoms with E-state index in [1.165, 1.54) is 11.1 Å². The molecule has 0 radical (unpaired) electrons. The maximum Gasteiger partial charge on any atom is 0.175 e. The van der Waals surface area contributed by atoms with Gasteiger partial charge in [-0.25, -0.2) is 0 Å². The van der Waals surface area contributed by atoms with E-state index in [0.717, 1.165) is 11.1 Å². The molecule has 0 aromatic heterocycles. The smallest absolute Gasteiger partial charge is 0.175 e. The van der Waals surface area contributed by atoms with Crippen LogP contribution in [0.4, 0.5) is 0 Å². The molecule has 2 aromatic carbocycles. The highest BCUT2D eigenvalue weighted by atomic mass is 16.6. The zero-order valence-electron chi connectivity index (χ0n) is 15.4. The van der Waals surface area contributed by atoms with Crippen LogP contribution in [0.5, 0.6) is 0 Å². The van der Waals surface area contributed by atoms with Crippen molar-refractivity contribution in [1.82, 2.24) is 0 Å². The normalized spacial score (nSPS) is 43.5. The van der Waals surface area contributed by atoms with Crippen molar-refractivity contribution in [1.29, 1.82) is 0 Å². The Hall–Kier alpha value is -2.27. The molecule has 0 saturated carbocycles. The molecular formula is C24H20O4. The van der Waals surface area contributed by atoms with Gasteiger partial charge >= 0.3 is 0 Å². The molecule has 2 saturated heterocycles. The molecule has 2 fully saturated rings. The topological polar surface area (TPSA) is 44.8 Å². The van der Waals surface area contributed by atoms with E-state index < -0.39 is 5.60 Å². The summed E-state index contributed by atoms with van der Waals surface area (Å²) in [5.74, 6) is -0.124. The lowest BCUT2D eigenvalue weighted by Gasteiger charge is -2.40. The van der Waals surface area contributed by atoms with Crippen LogP contribution >= 0.6 is 0 Å². The number of carbonyl (C=O) groups excluding carboxylic acids is 1. The second kappa shape index (κ2) is 5.01. The number of methoxy groups -OCH3 is 1. The fourth-order valence-electron chi connectivity index (χ4n) is 6.53. The molecule has 140 valence electrons. The van der Waals surface area contributed by atoms with E-state index >= 15 is 0 Å². The van der Waals surface area contributed by atoms with Crippen molar-refractivity contribution in [3.05, 3.63) is 82.9 Å². The lowest BCUT2D eigenvalue weighted by atomic mass is 9.66. The minimum absolute atomic E-state index is 0.0416. The molecular weight excluding hydrogens is 352 g/mol. The maximum absolute atomic E-state index is 14.1. The molecule has 4 nitrogen and oxygen atoms in total. The average molecular weight is 372 g/mol. The van der Waals surface area contributed by atoms with Crippen LogP contribution in [-0.2, 0) is 19.0 Å². The van der Waals surface area contributed by atoms with E-state index in [0.29, 0.717) is 0 Å². The number of Topliss-reactive ketones (excluding diaryl/α,β-unsaturated/α-hetero) is 1. The van der Waals surface area contributed by atoms with Gasteiger partial charge in [0.25, 0.3) is 0 Å². The number of ether oxygens (including phenoxy) is 3. The monoisotopic (exact) mass is 372 g/mol. The molecule has 0 spiro atoms. The zero-order chi connectivity index (χ0) is 18.6. The highest BCUT2D eigenvalue weighted by molar-refractivity contribution is 5.94. The highest BCUT2D eigenvalue weighted by Crippen LogP contribution is 2.67. The van der Waals surface area contributed by atoms with E-state index in [4.69, 9.17) is 14.2 Å². The molecule has 0 amide bonds. The van der Waals surface area contributed by atoms with Crippen LogP contribution in [0.3, 0.4) is 0 Å². The number of benzene rings is 2. The summed E-state index contributed by atoms with van der Waals surface area (Å²) in [5.41, 5.74) is 3.70. The van der Waals surface area contributed by atoms with Crippen LogP contribution in [0, 0.1) is 17.8 Å². The van der Waals surface area contributed by atoms with E-state index in [9.17, 15) is 4.79 Å². The predicted molar refractivity (Wildman–Crippen MR) is 100 cm³/mol. The van der Waals surface area contributed by atoms with Gasteiger partial charge in [0.15, 0.2) is 11.4 Å². The number of hydrogen-bond acceptors (Lipinski definition) is 4. The lowest BCUT2D eigenvalue weighted by Crippen LogP contribution is -2.53. The molecule has 4 bridgehead atoms. The van der Waals surface area contributed by atoms with E-state index in [2.05, 4.69) is 42.5 Å². The Balaban J connectivity index is 1.42. The quantitative estimate of drug-likeness (QED) is 0.710. The van der Waals surface area contributed by atoms with Crippen molar-refractivity contribution in [2.45, 2.75) is 30.0 Å². The molecule has 0 unspecified atom stereocenters. The molecule has 4 heterocycles. The Labute approximate surface area is 163 Å². The largest absolute Gasteiger partial charge is 0.367 e. The van der Waals surface area contributed by atoms with E-state index in [1.807, 2.05) is 18.2 Å². The minimum atomic E-state index is -0.974. The van der Waals surface area contributed by atoms with Gasteiger partial charge in [-0.1, -0.05) is 60.7 Å². The zero-order valence-corrected chi connectivity index (χ0v) is 15.4. The molecule has 1 aliphatic carbocycles. The summed E-state index contributed by atoms with van der Waals surface area (Å²) in [4.78, 5) is 14.1. The highest BCUT2D eigenvalue weighted by Gasteiger charge is 2.70. The summed E-state index contributed by atoms with van der Waals surface area (Å²) in [6, 6.07) is 16.6. The van der Waals surface area contributed by atoms with Crippen LogP contribution in [0.2, 0.25) is 0 Å². The molecule has 8 atom stereocenters. The van der Waals surface area contributed by atoms with Gasteiger partial charge < -0.3 is 14.2 Å². The minimum Gasteiger partial charge on any atom is -0.367 e. The van der Waals surface area contributed by atoms with Crippen LogP contribution in [0.15, 0.2) is 60.7 Å². The third-order valence-corrected chi connectivity index (χ3v) is 7.64. The summed E-state index contributed by atoms with van der Waals surface area (Å²) in [6.07, 6.45) is 3.68. The third-order valence-electron chi connectivity index (χ3n) is 7.64. The molecule has 4 heteroatoms. The number of rotatable bonds is 1. The van der Waals surface area contributed by atoms with Crippen molar-refractivity contribution >= 4 is 5.78 Å². The number of carbonyl (C=O) groups is 1. The summed E-state index contributed by atoms with van der Waals surface area (Å²) in [6.45, 7) is 0. The summed E-state index contributed by atoms with van der Waals surface area (Å²) in [7, 11) is 1.66. The van der Waals surface area contributed by atoms with Crippen molar-refractivity contribution in [2.75, 3.05) is 7.11 Å². The van der Waals surface area contributed by atoms with Gasteiger partial charge in [-0.05, 0) is 22.3 Å². The molecule has 4 aliphatic heterocycles. The first-order valence-electron chi connectivity index (χ1n) is 10.0. The Morgan fingerprint density at radius 3 is 2.18 bits per heavy atom. The second-order valence-electron chi connectivity index (χ2n) is 8.55. The summed E-state index contributed by atoms with van der Waals surface area (Å²) in [5, 5.41) is 0. The van der Waals surface area contributed by atoms with E-state index in [-0.39, 0.29) is 48.0 Å². The first-order chi connectivity index (χ1) is 13.8. The molecule has 28 heavy (non-hydrogen) atoms. The molecule has 2 aromatic rings. The van der Waals surface area contributed by atoms with Gasteiger partial charge in [-0.15, -0.1) is 0 Å². The fourth-order valence-corrected chi connectivity index (χ4v) is 6.53. The number of fused-ring (bicyclic) bond motifs is 16. The van der Waals surface area contributed by atoms with Crippen LogP contribution in [0.25, 0.3) is 0 Å². The Morgan fingerprint density at radius 2 is 1.46 bits per heavy atom. The standard InChI is InChI=1S/C24H20O4/c1-26-24-17(20-14-8-4-5-9-15(14)23(24)28-20)11-10-16-18(22(24)25)21-13-7-3-2-6-12(13)19(16)27-21/h2-11,16-21,23H,1H3/t16-,17+,18+,19+,20+,21-,23-,24+/m1/s1. The van der Waals surface area contributed by atoms with Gasteiger partial charge in [0.1, 0.15) is 6.10 Å². The van der Waals surface area contributed by atoms with Crippen molar-refractivity contribution < 1.29 is 19.0 Å². The van der Waals surface area contributed by atoms with Crippen LogP contribution in [0.1, 0.15) is 46.7 Å². The van der Waals surface area contributed by atoms with Gasteiger partial charge in [0.2, 0.25) is 0 Å². The predicted octanol–water partition coefficient (Wildman–Crippen LogP) is 4.01. The summed E-state index contributed by atoms with van der Waals surface area (Å²) < 4.78 is 18.8. The SMILES string of the molecule is CO[C@]12C(=O)[C@H]3[C@@H](C=C[C@H]1[C@H]1O[C@@H]2c2ccccc21)[C@H]1O[C@@H]3c2ccccc21.